The molecule has 0 spiro atoms. The lowest BCUT2D eigenvalue weighted by atomic mass is 10.3. The number of nitrogens with one attached hydrogen (secondary N) is 1. The molecule has 2 amide bonds. The van der Waals surface area contributed by atoms with E-state index < -0.39 is 0 Å². The van der Waals surface area contributed by atoms with Gasteiger partial charge in [-0.2, -0.15) is 0 Å². The molecule has 0 unspecified atom stereocenters. The predicted molar refractivity (Wildman–Crippen MR) is 66.3 cm³/mol. The van der Waals surface area contributed by atoms with E-state index in [2.05, 4.69) is 10.2 Å². The molecule has 1 rings (SSSR count). The molecule has 106 valence electrons. The number of β-amino-alcohol motifs (C(OH)–C–C–N with tert-alkyl or cyclic N) is 1. The number of nitrogens with zero attached hydrogens (tertiary/aromatic N) is 2. The molecule has 1 fully saturated rings. The molecular formula is C11H23N3O4. The van der Waals surface area contributed by atoms with E-state index in [0.29, 0.717) is 32.8 Å². The van der Waals surface area contributed by atoms with Gasteiger partial charge in [0.2, 0.25) is 0 Å². The maximum atomic E-state index is 11.7. The molecule has 0 aromatic heterocycles. The number of methoxy groups -OCH3 is 1. The highest BCUT2D eigenvalue weighted by Gasteiger charge is 2.20. The van der Waals surface area contributed by atoms with Crippen molar-refractivity contribution < 1.29 is 19.4 Å². The number of hydrogen-bond donors (Lipinski definition) is 2. The zero-order chi connectivity index (χ0) is 13.2. The van der Waals surface area contributed by atoms with Gasteiger partial charge in [0, 0.05) is 39.8 Å². The number of amides is 2. The number of carbonyl (C=O) groups excluding carboxylic acids is 1. The van der Waals surface area contributed by atoms with E-state index in [1.165, 1.54) is 0 Å². The number of carbonyl (C=O) groups is 1. The molecule has 18 heavy (non-hydrogen) atoms. The lowest BCUT2D eigenvalue weighted by Gasteiger charge is -2.34. The molecule has 0 bridgehead atoms. The minimum atomic E-state index is -0.101. The molecule has 7 heteroatoms. The summed E-state index contributed by atoms with van der Waals surface area (Å²) < 4.78 is 9.99. The smallest absolute Gasteiger partial charge is 0.319 e. The van der Waals surface area contributed by atoms with Gasteiger partial charge in [-0.05, 0) is 0 Å². The Bertz CT molecular complexity index is 232. The zero-order valence-corrected chi connectivity index (χ0v) is 10.9. The molecular weight excluding hydrogens is 238 g/mol. The number of piperazine rings is 1. The van der Waals surface area contributed by atoms with E-state index in [1.807, 2.05) is 0 Å². The van der Waals surface area contributed by atoms with Crippen molar-refractivity contribution in [3.8, 4) is 0 Å². The fraction of sp³-hybridized carbons (Fsp3) is 0.909. The van der Waals surface area contributed by atoms with Crippen LogP contribution in [0.1, 0.15) is 0 Å². The summed E-state index contributed by atoms with van der Waals surface area (Å²) in [6.07, 6.45) is 0. The van der Waals surface area contributed by atoms with Crippen LogP contribution < -0.4 is 5.32 Å². The summed E-state index contributed by atoms with van der Waals surface area (Å²) >= 11 is 0. The number of rotatable bonds is 7. The first-order valence-corrected chi connectivity index (χ1v) is 6.20. The van der Waals surface area contributed by atoms with Crippen LogP contribution in [0.4, 0.5) is 4.79 Å². The SMILES string of the molecule is COCCOCNC(=O)N1CCN(CCO)CC1. The standard InChI is InChI=1S/C11H23N3O4/c1-17-8-9-18-10-12-11(16)14-4-2-13(3-5-14)6-7-15/h15H,2-10H2,1H3,(H,12,16). The summed E-state index contributed by atoms with van der Waals surface area (Å²) in [5.41, 5.74) is 0. The summed E-state index contributed by atoms with van der Waals surface area (Å²) in [4.78, 5) is 15.6. The van der Waals surface area contributed by atoms with Crippen molar-refractivity contribution in [2.45, 2.75) is 0 Å². The molecule has 0 radical (unpaired) electrons. The lowest BCUT2D eigenvalue weighted by Crippen LogP contribution is -2.52. The Kier molecular flexibility index (Phi) is 7.66. The quantitative estimate of drug-likeness (QED) is 0.451. The van der Waals surface area contributed by atoms with Crippen molar-refractivity contribution in [1.82, 2.24) is 15.1 Å². The summed E-state index contributed by atoms with van der Waals surface area (Å²) in [5.74, 6) is 0. The van der Waals surface area contributed by atoms with Crippen LogP contribution in [-0.4, -0.2) is 87.3 Å². The number of urea groups is 1. The second kappa shape index (κ2) is 9.09. The van der Waals surface area contributed by atoms with Crippen molar-refractivity contribution in [2.75, 3.05) is 66.4 Å². The summed E-state index contributed by atoms with van der Waals surface area (Å²) in [6.45, 7) is 5.02. The lowest BCUT2D eigenvalue weighted by molar-refractivity contribution is 0.0591. The van der Waals surface area contributed by atoms with Crippen LogP contribution in [0.15, 0.2) is 0 Å². The first-order chi connectivity index (χ1) is 8.77. The third kappa shape index (κ3) is 5.63. The molecule has 1 aliphatic heterocycles. The maximum absolute atomic E-state index is 11.7. The Morgan fingerprint density at radius 3 is 2.61 bits per heavy atom. The Hall–Kier alpha value is -0.890. The molecule has 1 saturated heterocycles. The highest BCUT2D eigenvalue weighted by Crippen LogP contribution is 2.01. The maximum Gasteiger partial charge on any atom is 0.319 e. The van der Waals surface area contributed by atoms with Crippen LogP contribution in [0.5, 0.6) is 0 Å². The highest BCUT2D eigenvalue weighted by molar-refractivity contribution is 5.74. The third-order valence-corrected chi connectivity index (χ3v) is 2.83. The largest absolute Gasteiger partial charge is 0.395 e. The minimum Gasteiger partial charge on any atom is -0.395 e. The van der Waals surface area contributed by atoms with Crippen LogP contribution in [0.25, 0.3) is 0 Å². The van der Waals surface area contributed by atoms with Crippen molar-refractivity contribution in [2.24, 2.45) is 0 Å². The van der Waals surface area contributed by atoms with Crippen molar-refractivity contribution in [3.63, 3.8) is 0 Å². The van der Waals surface area contributed by atoms with Crippen LogP contribution in [0.2, 0.25) is 0 Å². The van der Waals surface area contributed by atoms with E-state index in [1.54, 1.807) is 12.0 Å². The Balaban J connectivity index is 2.08. The van der Waals surface area contributed by atoms with E-state index in [4.69, 9.17) is 14.6 Å². The summed E-state index contributed by atoms with van der Waals surface area (Å²) in [6, 6.07) is -0.101. The molecule has 7 nitrogen and oxygen atoms in total. The van der Waals surface area contributed by atoms with Crippen LogP contribution >= 0.6 is 0 Å². The Morgan fingerprint density at radius 1 is 1.28 bits per heavy atom. The molecule has 1 aliphatic rings. The molecule has 0 aromatic rings. The Labute approximate surface area is 108 Å². The van der Waals surface area contributed by atoms with Crippen LogP contribution in [0, 0.1) is 0 Å². The zero-order valence-electron chi connectivity index (χ0n) is 10.9. The second-order valence-electron chi connectivity index (χ2n) is 4.08. The number of hydrogen-bond acceptors (Lipinski definition) is 5. The average molecular weight is 261 g/mol. The molecule has 0 aromatic carbocycles. The predicted octanol–water partition coefficient (Wildman–Crippen LogP) is -1.07. The molecule has 0 saturated carbocycles. The highest BCUT2D eigenvalue weighted by atomic mass is 16.5. The fourth-order valence-electron chi connectivity index (χ4n) is 1.75. The van der Waals surface area contributed by atoms with E-state index in [-0.39, 0.29) is 19.4 Å². The number of aliphatic hydroxyl groups excluding tert-OH is 1. The molecule has 0 aliphatic carbocycles. The number of aliphatic hydroxyl groups is 1. The normalized spacial score (nSPS) is 16.9. The van der Waals surface area contributed by atoms with Gasteiger partial charge < -0.3 is 24.8 Å². The van der Waals surface area contributed by atoms with Gasteiger partial charge in [-0.15, -0.1) is 0 Å². The average Bonchev–Trinajstić information content (AvgIpc) is 2.39. The monoisotopic (exact) mass is 261 g/mol. The first kappa shape index (κ1) is 15.2. The molecule has 1 heterocycles. The van der Waals surface area contributed by atoms with Gasteiger partial charge >= 0.3 is 6.03 Å². The third-order valence-electron chi connectivity index (χ3n) is 2.83. The van der Waals surface area contributed by atoms with Gasteiger partial charge in [-0.3, -0.25) is 4.90 Å². The molecule has 2 N–H and O–H groups in total. The van der Waals surface area contributed by atoms with Crippen LogP contribution in [0.3, 0.4) is 0 Å². The topological polar surface area (TPSA) is 74.3 Å². The van der Waals surface area contributed by atoms with Crippen molar-refractivity contribution in [1.29, 1.82) is 0 Å². The van der Waals surface area contributed by atoms with Crippen LogP contribution in [-0.2, 0) is 9.47 Å². The molecule has 0 atom stereocenters. The van der Waals surface area contributed by atoms with Gasteiger partial charge in [0.1, 0.15) is 6.73 Å². The first-order valence-electron chi connectivity index (χ1n) is 6.20. The van der Waals surface area contributed by atoms with Gasteiger partial charge in [-0.25, -0.2) is 4.79 Å². The van der Waals surface area contributed by atoms with Crippen molar-refractivity contribution >= 4 is 6.03 Å². The summed E-state index contributed by atoms with van der Waals surface area (Å²) in [7, 11) is 1.60. The Morgan fingerprint density at radius 2 is 2.00 bits per heavy atom. The summed E-state index contributed by atoms with van der Waals surface area (Å²) in [5, 5.41) is 11.5. The van der Waals surface area contributed by atoms with E-state index in [9.17, 15) is 4.79 Å². The minimum absolute atomic E-state index is 0.101. The van der Waals surface area contributed by atoms with Gasteiger partial charge in [0.05, 0.1) is 19.8 Å². The second-order valence-corrected chi connectivity index (χ2v) is 4.08. The van der Waals surface area contributed by atoms with Gasteiger partial charge in [0.15, 0.2) is 0 Å². The fourth-order valence-corrected chi connectivity index (χ4v) is 1.75. The van der Waals surface area contributed by atoms with E-state index >= 15 is 0 Å². The van der Waals surface area contributed by atoms with Crippen molar-refractivity contribution in [3.05, 3.63) is 0 Å². The van der Waals surface area contributed by atoms with Gasteiger partial charge in [-0.1, -0.05) is 0 Å². The number of ether oxygens (including phenoxy) is 2. The van der Waals surface area contributed by atoms with E-state index in [0.717, 1.165) is 13.1 Å². The van der Waals surface area contributed by atoms with Gasteiger partial charge in [0.25, 0.3) is 0 Å².